The molecule has 2 aromatic heterocycles. The van der Waals surface area contributed by atoms with Gasteiger partial charge in [-0.25, -0.2) is 15.0 Å². The summed E-state index contributed by atoms with van der Waals surface area (Å²) in [6.45, 7) is 15.0. The van der Waals surface area contributed by atoms with Gasteiger partial charge in [0.25, 0.3) is 0 Å². The molecule has 0 saturated heterocycles. The number of pyridine rings is 1. The first-order valence-electron chi connectivity index (χ1n) is 12.2. The summed E-state index contributed by atoms with van der Waals surface area (Å²) < 4.78 is 0. The summed E-state index contributed by atoms with van der Waals surface area (Å²) >= 11 is 0. The van der Waals surface area contributed by atoms with Gasteiger partial charge >= 0.3 is 0 Å². The zero-order valence-electron chi connectivity index (χ0n) is 21.4. The maximum atomic E-state index is 11.9. The highest BCUT2D eigenvalue weighted by molar-refractivity contribution is 5.83. The van der Waals surface area contributed by atoms with E-state index in [0.717, 1.165) is 35.5 Å². The van der Waals surface area contributed by atoms with Crippen LogP contribution in [0.1, 0.15) is 43.2 Å². The summed E-state index contributed by atoms with van der Waals surface area (Å²) in [5.41, 5.74) is 4.18. The van der Waals surface area contributed by atoms with Crippen LogP contribution in [0.5, 0.6) is 0 Å². The Balaban J connectivity index is 1.49. The minimum atomic E-state index is -1.10. The normalized spacial score (nSPS) is 14.9. The first-order chi connectivity index (χ1) is 17.7. The SMILES string of the molecule is C=CCN1C(=C)c2cnc(Nc3ccc4c(c3)CN(C(C)=O)CC4)nc2N1c1cccc(C(C)(C)O)n1. The van der Waals surface area contributed by atoms with Crippen LogP contribution in [-0.2, 0) is 23.4 Å². The fraction of sp³-hybridized carbons (Fsp3) is 0.286. The fourth-order valence-electron chi connectivity index (χ4n) is 4.63. The van der Waals surface area contributed by atoms with Gasteiger partial charge in [0, 0.05) is 31.9 Å². The number of hydrogen-bond acceptors (Lipinski definition) is 8. The summed E-state index contributed by atoms with van der Waals surface area (Å²) in [6.07, 6.45) is 4.38. The van der Waals surface area contributed by atoms with Gasteiger partial charge < -0.3 is 15.3 Å². The Hall–Kier alpha value is -4.24. The molecule has 1 amide bonds. The lowest BCUT2D eigenvalue weighted by atomic mass is 9.99. The summed E-state index contributed by atoms with van der Waals surface area (Å²) in [5.74, 6) is 1.74. The molecular weight excluding hydrogens is 466 g/mol. The number of aliphatic hydroxyl groups is 1. The molecule has 4 heterocycles. The van der Waals surface area contributed by atoms with Crippen LogP contribution in [0.25, 0.3) is 5.70 Å². The molecule has 5 rings (SSSR count). The second-order valence-corrected chi connectivity index (χ2v) is 9.80. The van der Waals surface area contributed by atoms with Gasteiger partial charge in [0.1, 0.15) is 5.60 Å². The number of aromatic nitrogens is 3. The monoisotopic (exact) mass is 497 g/mol. The van der Waals surface area contributed by atoms with Crippen molar-refractivity contribution < 1.29 is 9.90 Å². The van der Waals surface area contributed by atoms with Crippen molar-refractivity contribution in [1.82, 2.24) is 24.9 Å². The van der Waals surface area contributed by atoms with Crippen molar-refractivity contribution in [3.8, 4) is 0 Å². The Kier molecular flexibility index (Phi) is 6.16. The lowest BCUT2D eigenvalue weighted by Gasteiger charge is -2.30. The molecule has 0 radical (unpaired) electrons. The van der Waals surface area contributed by atoms with E-state index < -0.39 is 5.60 Å². The third kappa shape index (κ3) is 4.65. The van der Waals surface area contributed by atoms with Crippen LogP contribution in [0, 0.1) is 0 Å². The third-order valence-corrected chi connectivity index (χ3v) is 6.63. The first kappa shape index (κ1) is 24.5. The van der Waals surface area contributed by atoms with Gasteiger partial charge in [-0.05, 0) is 55.7 Å². The number of hydrazine groups is 1. The number of carbonyl (C=O) groups is 1. The van der Waals surface area contributed by atoms with Gasteiger partial charge in [0.15, 0.2) is 11.6 Å². The molecule has 0 aliphatic carbocycles. The van der Waals surface area contributed by atoms with Crippen molar-refractivity contribution in [2.45, 2.75) is 39.3 Å². The Morgan fingerprint density at radius 3 is 2.76 bits per heavy atom. The largest absolute Gasteiger partial charge is 0.384 e. The Labute approximate surface area is 216 Å². The molecule has 37 heavy (non-hydrogen) atoms. The number of amides is 1. The zero-order chi connectivity index (χ0) is 26.3. The molecule has 0 fully saturated rings. The standard InChI is InChI=1S/C28H31N7O2/c1-6-13-34-18(2)23-16-29-27(30-22-11-10-20-12-14-33(19(3)36)17-21(20)15-22)32-26(23)35(34)25-9-7-8-24(31-25)28(4,5)37/h6-11,15-16,37H,1-2,12-14,17H2,3-5H3,(H,29,30,32). The first-order valence-corrected chi connectivity index (χ1v) is 12.2. The number of nitrogens with zero attached hydrogens (tertiary/aromatic N) is 6. The Morgan fingerprint density at radius 2 is 2.03 bits per heavy atom. The summed E-state index contributed by atoms with van der Waals surface area (Å²) in [4.78, 5) is 27.8. The molecule has 0 spiro atoms. The molecule has 0 saturated carbocycles. The van der Waals surface area contributed by atoms with Crippen LogP contribution < -0.4 is 10.3 Å². The van der Waals surface area contributed by atoms with Gasteiger partial charge in [-0.1, -0.05) is 24.8 Å². The molecule has 9 heteroatoms. The van der Waals surface area contributed by atoms with Gasteiger partial charge in [-0.3, -0.25) is 9.80 Å². The summed E-state index contributed by atoms with van der Waals surface area (Å²) in [7, 11) is 0. The van der Waals surface area contributed by atoms with Gasteiger partial charge in [0.05, 0.1) is 23.5 Å². The molecule has 1 aromatic carbocycles. The second-order valence-electron chi connectivity index (χ2n) is 9.80. The molecule has 3 aromatic rings. The van der Waals surface area contributed by atoms with Gasteiger partial charge in [-0.2, -0.15) is 4.98 Å². The van der Waals surface area contributed by atoms with Crippen LogP contribution in [-0.4, -0.2) is 49.0 Å². The number of benzene rings is 1. The molecule has 0 bridgehead atoms. The Morgan fingerprint density at radius 1 is 1.22 bits per heavy atom. The fourth-order valence-corrected chi connectivity index (χ4v) is 4.63. The number of anilines is 4. The average Bonchev–Trinajstić information content (AvgIpc) is 3.14. The topological polar surface area (TPSA) is 97.7 Å². The van der Waals surface area contributed by atoms with Crippen molar-refractivity contribution >= 4 is 34.9 Å². The molecule has 9 nitrogen and oxygen atoms in total. The van der Waals surface area contributed by atoms with Crippen molar-refractivity contribution in [2.75, 3.05) is 23.4 Å². The van der Waals surface area contributed by atoms with Crippen LogP contribution >= 0.6 is 0 Å². The molecular formula is C28H31N7O2. The third-order valence-electron chi connectivity index (χ3n) is 6.63. The number of rotatable bonds is 6. The van der Waals surface area contributed by atoms with E-state index in [4.69, 9.17) is 9.97 Å². The van der Waals surface area contributed by atoms with E-state index in [1.165, 1.54) is 5.56 Å². The highest BCUT2D eigenvalue weighted by atomic mass is 16.3. The predicted molar refractivity (Wildman–Crippen MR) is 144 cm³/mol. The molecule has 2 aliphatic rings. The van der Waals surface area contributed by atoms with E-state index in [0.29, 0.717) is 36.4 Å². The number of carbonyl (C=O) groups excluding carboxylic acids is 1. The molecule has 2 aliphatic heterocycles. The minimum Gasteiger partial charge on any atom is -0.384 e. The van der Waals surface area contributed by atoms with E-state index in [9.17, 15) is 9.90 Å². The number of fused-ring (bicyclic) bond motifs is 2. The number of hydrogen-bond donors (Lipinski definition) is 2. The Bertz CT molecular complexity index is 1400. The van der Waals surface area contributed by atoms with Crippen molar-refractivity contribution in [3.05, 3.63) is 84.2 Å². The molecule has 190 valence electrons. The maximum absolute atomic E-state index is 11.9. The van der Waals surface area contributed by atoms with E-state index in [1.807, 2.05) is 33.1 Å². The molecule has 0 unspecified atom stereocenters. The van der Waals surface area contributed by atoms with Gasteiger partial charge in [-0.15, -0.1) is 6.58 Å². The van der Waals surface area contributed by atoms with Crippen molar-refractivity contribution in [2.24, 2.45) is 0 Å². The van der Waals surface area contributed by atoms with Crippen LogP contribution in [0.2, 0.25) is 0 Å². The molecule has 2 N–H and O–H groups in total. The van der Waals surface area contributed by atoms with Crippen molar-refractivity contribution in [1.29, 1.82) is 0 Å². The quantitative estimate of drug-likeness (QED) is 0.487. The predicted octanol–water partition coefficient (Wildman–Crippen LogP) is 4.27. The van der Waals surface area contributed by atoms with Gasteiger partial charge in [0.2, 0.25) is 11.9 Å². The van der Waals surface area contributed by atoms with Crippen LogP contribution in [0.3, 0.4) is 0 Å². The summed E-state index contributed by atoms with van der Waals surface area (Å²) in [6, 6.07) is 11.7. The van der Waals surface area contributed by atoms with Crippen molar-refractivity contribution in [3.63, 3.8) is 0 Å². The van der Waals surface area contributed by atoms with E-state index in [-0.39, 0.29) is 5.91 Å². The van der Waals surface area contributed by atoms with E-state index in [2.05, 4.69) is 35.6 Å². The van der Waals surface area contributed by atoms with Crippen LogP contribution in [0.4, 0.5) is 23.3 Å². The summed E-state index contributed by atoms with van der Waals surface area (Å²) in [5, 5.41) is 17.6. The second kappa shape index (κ2) is 9.33. The maximum Gasteiger partial charge on any atom is 0.229 e. The smallest absolute Gasteiger partial charge is 0.229 e. The lowest BCUT2D eigenvalue weighted by molar-refractivity contribution is -0.129. The van der Waals surface area contributed by atoms with E-state index in [1.54, 1.807) is 39.1 Å². The lowest BCUT2D eigenvalue weighted by Crippen LogP contribution is -2.34. The highest BCUT2D eigenvalue weighted by Crippen LogP contribution is 2.41. The zero-order valence-corrected chi connectivity index (χ0v) is 21.4. The molecule has 0 atom stereocenters. The van der Waals surface area contributed by atoms with E-state index >= 15 is 0 Å². The number of nitrogens with one attached hydrogen (secondary N) is 1. The average molecular weight is 498 g/mol. The van der Waals surface area contributed by atoms with Crippen LogP contribution in [0.15, 0.2) is 61.8 Å². The minimum absolute atomic E-state index is 0.0811. The highest BCUT2D eigenvalue weighted by Gasteiger charge is 2.34.